The van der Waals surface area contributed by atoms with Crippen molar-refractivity contribution < 1.29 is 14.4 Å². The molecular formula is C13H15Cl2N3O3. The first-order chi connectivity index (χ1) is 9.81. The zero-order valence-electron chi connectivity index (χ0n) is 11.5. The molecule has 0 aliphatic heterocycles. The Morgan fingerprint density at radius 1 is 1.05 bits per heavy atom. The fourth-order valence-electron chi connectivity index (χ4n) is 1.42. The van der Waals surface area contributed by atoms with E-state index >= 15 is 0 Å². The average Bonchev–Trinajstić information content (AvgIpc) is 2.39. The minimum absolute atomic E-state index is 0.120. The van der Waals surface area contributed by atoms with Crippen molar-refractivity contribution in [3.8, 4) is 0 Å². The molecule has 0 aliphatic carbocycles. The van der Waals surface area contributed by atoms with Gasteiger partial charge in [-0.25, -0.2) is 0 Å². The molecule has 1 aromatic carbocycles. The van der Waals surface area contributed by atoms with Crippen LogP contribution in [-0.4, -0.2) is 23.8 Å². The summed E-state index contributed by atoms with van der Waals surface area (Å²) in [5.41, 5.74) is 4.58. The van der Waals surface area contributed by atoms with E-state index in [0.29, 0.717) is 15.6 Å². The molecule has 8 heteroatoms. The molecule has 0 spiro atoms. The molecule has 0 unspecified atom stereocenters. The molecule has 0 heterocycles. The van der Waals surface area contributed by atoms with Crippen LogP contribution in [0, 0.1) is 0 Å². The van der Waals surface area contributed by atoms with Gasteiger partial charge < -0.3 is 5.32 Å². The highest BCUT2D eigenvalue weighted by Gasteiger charge is 2.16. The third kappa shape index (κ3) is 5.61. The van der Waals surface area contributed by atoms with Crippen LogP contribution in [0.15, 0.2) is 18.2 Å². The van der Waals surface area contributed by atoms with Crippen LogP contribution in [0.5, 0.6) is 0 Å². The molecule has 0 radical (unpaired) electrons. The summed E-state index contributed by atoms with van der Waals surface area (Å²) < 4.78 is 0. The monoisotopic (exact) mass is 331 g/mol. The van der Waals surface area contributed by atoms with Crippen molar-refractivity contribution in [3.63, 3.8) is 0 Å². The maximum Gasteiger partial charge on any atom is 0.327 e. The number of hydrazine groups is 1. The van der Waals surface area contributed by atoms with Gasteiger partial charge in [0.25, 0.3) is 0 Å². The second-order valence-corrected chi connectivity index (χ2v) is 5.32. The van der Waals surface area contributed by atoms with E-state index in [2.05, 4.69) is 10.7 Å². The van der Waals surface area contributed by atoms with Gasteiger partial charge in [-0.3, -0.25) is 25.2 Å². The Kier molecular flexibility index (Phi) is 6.45. The third-order valence-electron chi connectivity index (χ3n) is 2.34. The molecule has 0 atom stereocenters. The fourth-order valence-corrected chi connectivity index (χ4v) is 1.95. The average molecular weight is 332 g/mol. The molecule has 3 amide bonds. The third-order valence-corrected chi connectivity index (χ3v) is 3.05. The maximum absolute atomic E-state index is 11.7. The number of hydrogen-bond donors (Lipinski definition) is 3. The summed E-state index contributed by atoms with van der Waals surface area (Å²) in [6.45, 7) is 3.42. The number of halogens is 2. The smallest absolute Gasteiger partial charge is 0.327 e. The van der Waals surface area contributed by atoms with E-state index in [9.17, 15) is 14.4 Å². The molecule has 21 heavy (non-hydrogen) atoms. The van der Waals surface area contributed by atoms with Crippen molar-refractivity contribution in [1.82, 2.24) is 16.2 Å². The molecule has 3 N–H and O–H groups in total. The van der Waals surface area contributed by atoms with E-state index in [4.69, 9.17) is 23.2 Å². The van der Waals surface area contributed by atoms with Gasteiger partial charge in [-0.1, -0.05) is 29.3 Å². The van der Waals surface area contributed by atoms with E-state index in [0.717, 1.165) is 0 Å². The summed E-state index contributed by atoms with van der Waals surface area (Å²) in [5.74, 6) is -2.33. The van der Waals surface area contributed by atoms with Gasteiger partial charge in [-0.05, 0) is 31.5 Å². The summed E-state index contributed by atoms with van der Waals surface area (Å²) in [7, 11) is 0. The van der Waals surface area contributed by atoms with Gasteiger partial charge in [-0.15, -0.1) is 0 Å². The van der Waals surface area contributed by atoms with Crippen LogP contribution in [0.25, 0.3) is 0 Å². The molecule has 1 rings (SSSR count). The van der Waals surface area contributed by atoms with Crippen LogP contribution in [0.4, 0.5) is 0 Å². The normalized spacial score (nSPS) is 10.1. The topological polar surface area (TPSA) is 87.3 Å². The quantitative estimate of drug-likeness (QED) is 0.574. The zero-order chi connectivity index (χ0) is 16.0. The minimum atomic E-state index is -0.956. The molecule has 0 aromatic heterocycles. The largest absolute Gasteiger partial charge is 0.346 e. The van der Waals surface area contributed by atoms with Crippen LogP contribution in [0.3, 0.4) is 0 Å². The first kappa shape index (κ1) is 17.3. The molecule has 0 aliphatic rings. The van der Waals surface area contributed by atoms with Gasteiger partial charge >= 0.3 is 11.8 Å². The number of rotatable bonds is 3. The lowest BCUT2D eigenvalue weighted by Crippen LogP contribution is -2.50. The van der Waals surface area contributed by atoms with Crippen LogP contribution in [0.1, 0.15) is 19.4 Å². The van der Waals surface area contributed by atoms with Gasteiger partial charge in [0, 0.05) is 16.1 Å². The Bertz CT molecular complexity index is 541. The SMILES string of the molecule is CC(C)NC(=O)C(=O)NNC(=O)Cc1c(Cl)cccc1Cl. The second kappa shape index (κ2) is 7.85. The lowest BCUT2D eigenvalue weighted by molar-refractivity contribution is -0.141. The molecule has 114 valence electrons. The standard InChI is InChI=1S/C13H15Cl2N3O3/c1-7(2)16-12(20)13(21)18-17-11(19)6-8-9(14)4-3-5-10(8)15/h3-5,7H,6H2,1-2H3,(H,16,20)(H,17,19)(H,18,21). The Morgan fingerprint density at radius 2 is 1.62 bits per heavy atom. The zero-order valence-corrected chi connectivity index (χ0v) is 13.0. The number of amides is 3. The van der Waals surface area contributed by atoms with Gasteiger partial charge in [0.05, 0.1) is 6.42 Å². The highest BCUT2D eigenvalue weighted by atomic mass is 35.5. The Morgan fingerprint density at radius 3 is 2.14 bits per heavy atom. The lowest BCUT2D eigenvalue weighted by Gasteiger charge is -2.10. The molecule has 0 fully saturated rings. The first-order valence-electron chi connectivity index (χ1n) is 6.13. The first-order valence-corrected chi connectivity index (χ1v) is 6.89. The number of carbonyl (C=O) groups is 3. The maximum atomic E-state index is 11.7. The second-order valence-electron chi connectivity index (χ2n) is 4.51. The molecule has 0 saturated carbocycles. The fraction of sp³-hybridized carbons (Fsp3) is 0.308. The molecular weight excluding hydrogens is 317 g/mol. The van der Waals surface area contributed by atoms with Gasteiger partial charge in [0.15, 0.2) is 0 Å². The summed E-state index contributed by atoms with van der Waals surface area (Å²) in [6.07, 6.45) is -0.120. The number of benzene rings is 1. The number of hydrogen-bond acceptors (Lipinski definition) is 3. The summed E-state index contributed by atoms with van der Waals surface area (Å²) in [4.78, 5) is 34.4. The predicted molar refractivity (Wildman–Crippen MR) is 79.7 cm³/mol. The van der Waals surface area contributed by atoms with Crippen LogP contribution >= 0.6 is 23.2 Å². The summed E-state index contributed by atoms with van der Waals surface area (Å²) in [6, 6.07) is 4.68. The van der Waals surface area contributed by atoms with Gasteiger partial charge in [-0.2, -0.15) is 0 Å². The molecule has 1 aromatic rings. The highest BCUT2D eigenvalue weighted by Crippen LogP contribution is 2.24. The van der Waals surface area contributed by atoms with Gasteiger partial charge in [0.1, 0.15) is 0 Å². The van der Waals surface area contributed by atoms with E-state index < -0.39 is 17.7 Å². The molecule has 0 bridgehead atoms. The Labute approximate surface area is 132 Å². The van der Waals surface area contributed by atoms with Crippen molar-refractivity contribution in [2.24, 2.45) is 0 Å². The number of nitrogens with one attached hydrogen (secondary N) is 3. The number of carbonyl (C=O) groups excluding carboxylic acids is 3. The van der Waals surface area contributed by atoms with Crippen molar-refractivity contribution in [2.45, 2.75) is 26.3 Å². The van der Waals surface area contributed by atoms with E-state index in [1.54, 1.807) is 32.0 Å². The van der Waals surface area contributed by atoms with Crippen LogP contribution < -0.4 is 16.2 Å². The predicted octanol–water partition coefficient (Wildman–Crippen LogP) is 1.21. The van der Waals surface area contributed by atoms with Crippen molar-refractivity contribution in [3.05, 3.63) is 33.8 Å². The Hall–Kier alpha value is -1.79. The van der Waals surface area contributed by atoms with Crippen molar-refractivity contribution in [2.75, 3.05) is 0 Å². The van der Waals surface area contributed by atoms with E-state index in [1.807, 2.05) is 5.43 Å². The highest BCUT2D eigenvalue weighted by molar-refractivity contribution is 6.36. The van der Waals surface area contributed by atoms with E-state index in [-0.39, 0.29) is 12.5 Å². The van der Waals surface area contributed by atoms with Crippen molar-refractivity contribution >= 4 is 40.9 Å². The van der Waals surface area contributed by atoms with Crippen molar-refractivity contribution in [1.29, 1.82) is 0 Å². The Balaban J connectivity index is 2.52. The summed E-state index contributed by atoms with van der Waals surface area (Å²) in [5, 5.41) is 3.09. The molecule has 0 saturated heterocycles. The van der Waals surface area contributed by atoms with Crippen LogP contribution in [-0.2, 0) is 20.8 Å². The van der Waals surface area contributed by atoms with Gasteiger partial charge in [0.2, 0.25) is 5.91 Å². The van der Waals surface area contributed by atoms with Crippen LogP contribution in [0.2, 0.25) is 10.0 Å². The molecule has 6 nitrogen and oxygen atoms in total. The summed E-state index contributed by atoms with van der Waals surface area (Å²) >= 11 is 11.9. The van der Waals surface area contributed by atoms with E-state index in [1.165, 1.54) is 0 Å². The lowest BCUT2D eigenvalue weighted by atomic mass is 10.1. The minimum Gasteiger partial charge on any atom is -0.346 e.